The summed E-state index contributed by atoms with van der Waals surface area (Å²) in [7, 11) is 0. The average Bonchev–Trinajstić information content (AvgIpc) is 3.25. The van der Waals surface area contributed by atoms with Gasteiger partial charge in [-0.1, -0.05) is 54.1 Å². The van der Waals surface area contributed by atoms with Crippen LogP contribution in [0.25, 0.3) is 32.1 Å². The largest absolute Gasteiger partial charge is 0.324 e. The first-order valence-corrected chi connectivity index (χ1v) is 11.2. The third-order valence-electron chi connectivity index (χ3n) is 5.70. The maximum Gasteiger partial charge on any atom is 0.263 e. The SMILES string of the molecule is Cc1ccc(NC(=O)C(C)n2cnc3scc(-c4ccc5ccccc5c4)c3c2=O)cc1. The number of hydrogen-bond acceptors (Lipinski definition) is 4. The summed E-state index contributed by atoms with van der Waals surface area (Å²) in [4.78, 5) is 31.4. The Morgan fingerprint density at radius 1 is 1.03 bits per heavy atom. The molecule has 0 radical (unpaired) electrons. The number of anilines is 1. The molecule has 32 heavy (non-hydrogen) atoms. The number of fused-ring (bicyclic) bond motifs is 2. The Hall–Kier alpha value is -3.77. The van der Waals surface area contributed by atoms with Gasteiger partial charge in [0.05, 0.1) is 11.7 Å². The molecule has 1 atom stereocenters. The Bertz CT molecular complexity index is 1520. The van der Waals surface area contributed by atoms with Gasteiger partial charge in [0.25, 0.3) is 5.56 Å². The van der Waals surface area contributed by atoms with Crippen LogP contribution in [0, 0.1) is 6.92 Å². The predicted molar refractivity (Wildman–Crippen MR) is 131 cm³/mol. The van der Waals surface area contributed by atoms with E-state index < -0.39 is 6.04 Å². The molecule has 5 nitrogen and oxygen atoms in total. The summed E-state index contributed by atoms with van der Waals surface area (Å²) < 4.78 is 1.41. The van der Waals surface area contributed by atoms with Crippen molar-refractivity contribution >= 4 is 43.9 Å². The van der Waals surface area contributed by atoms with Gasteiger partial charge < -0.3 is 5.32 Å². The summed E-state index contributed by atoms with van der Waals surface area (Å²) >= 11 is 1.44. The van der Waals surface area contributed by atoms with E-state index in [4.69, 9.17) is 0 Å². The van der Waals surface area contributed by atoms with Crippen molar-refractivity contribution in [1.29, 1.82) is 0 Å². The number of carbonyl (C=O) groups is 1. The van der Waals surface area contributed by atoms with Crippen molar-refractivity contribution in [2.45, 2.75) is 19.9 Å². The molecule has 0 fully saturated rings. The lowest BCUT2D eigenvalue weighted by molar-refractivity contribution is -0.118. The van der Waals surface area contributed by atoms with E-state index >= 15 is 0 Å². The normalized spacial score (nSPS) is 12.2. The predicted octanol–water partition coefficient (Wildman–Crippen LogP) is 5.79. The van der Waals surface area contributed by atoms with Crippen LogP contribution in [0.15, 0.2) is 83.2 Å². The highest BCUT2D eigenvalue weighted by Crippen LogP contribution is 2.32. The minimum atomic E-state index is -0.704. The maximum atomic E-state index is 13.4. The summed E-state index contributed by atoms with van der Waals surface area (Å²) in [6.07, 6.45) is 1.46. The van der Waals surface area contributed by atoms with E-state index in [1.165, 1.54) is 22.2 Å². The number of rotatable bonds is 4. The van der Waals surface area contributed by atoms with Crippen LogP contribution in [-0.2, 0) is 4.79 Å². The van der Waals surface area contributed by atoms with Gasteiger partial charge >= 0.3 is 0 Å². The molecule has 5 rings (SSSR count). The maximum absolute atomic E-state index is 13.4. The van der Waals surface area contributed by atoms with Gasteiger partial charge in [-0.05, 0) is 48.4 Å². The Balaban J connectivity index is 1.53. The molecule has 5 aromatic rings. The molecule has 0 aliphatic heterocycles. The third kappa shape index (κ3) is 3.59. The minimum absolute atomic E-state index is 0.217. The van der Waals surface area contributed by atoms with Gasteiger partial charge in [0, 0.05) is 16.6 Å². The molecule has 0 spiro atoms. The molecule has 0 saturated carbocycles. The molecule has 2 aromatic heterocycles. The zero-order valence-corrected chi connectivity index (χ0v) is 18.5. The van der Waals surface area contributed by atoms with E-state index in [0.29, 0.717) is 15.9 Å². The molecule has 1 N–H and O–H groups in total. The highest BCUT2D eigenvalue weighted by Gasteiger charge is 2.20. The van der Waals surface area contributed by atoms with Crippen LogP contribution in [0.1, 0.15) is 18.5 Å². The Morgan fingerprint density at radius 2 is 1.78 bits per heavy atom. The Labute approximate surface area is 189 Å². The summed E-state index contributed by atoms with van der Waals surface area (Å²) in [5, 5.41) is 7.64. The number of hydrogen-bond donors (Lipinski definition) is 1. The van der Waals surface area contributed by atoms with Crippen LogP contribution >= 0.6 is 11.3 Å². The van der Waals surface area contributed by atoms with E-state index in [1.54, 1.807) is 6.92 Å². The molecule has 2 heterocycles. The van der Waals surface area contributed by atoms with Crippen molar-refractivity contribution in [2.75, 3.05) is 5.32 Å². The second-order valence-electron chi connectivity index (χ2n) is 7.88. The summed E-state index contributed by atoms with van der Waals surface area (Å²) in [5.74, 6) is -0.264. The molecule has 1 amide bonds. The average molecular weight is 440 g/mol. The van der Waals surface area contributed by atoms with Crippen molar-refractivity contribution in [3.05, 3.63) is 94.4 Å². The number of amides is 1. The van der Waals surface area contributed by atoms with Gasteiger partial charge in [0.2, 0.25) is 5.91 Å². The van der Waals surface area contributed by atoms with E-state index in [0.717, 1.165) is 27.5 Å². The molecule has 0 bridgehead atoms. The van der Waals surface area contributed by atoms with Gasteiger partial charge in [0.15, 0.2) is 0 Å². The number of thiophene rings is 1. The molecule has 3 aromatic carbocycles. The van der Waals surface area contributed by atoms with Crippen molar-refractivity contribution in [3.63, 3.8) is 0 Å². The first-order valence-electron chi connectivity index (χ1n) is 10.4. The molecule has 158 valence electrons. The zero-order valence-electron chi connectivity index (χ0n) is 17.7. The second kappa shape index (κ2) is 8.05. The van der Waals surface area contributed by atoms with Crippen LogP contribution in [0.4, 0.5) is 5.69 Å². The van der Waals surface area contributed by atoms with Crippen molar-refractivity contribution in [2.24, 2.45) is 0 Å². The highest BCUT2D eigenvalue weighted by atomic mass is 32.1. The summed E-state index contributed by atoms with van der Waals surface area (Å²) in [6, 6.07) is 21.1. The van der Waals surface area contributed by atoms with E-state index in [-0.39, 0.29) is 11.5 Å². The third-order valence-corrected chi connectivity index (χ3v) is 6.58. The fourth-order valence-electron chi connectivity index (χ4n) is 3.80. The molecule has 0 saturated heterocycles. The summed E-state index contributed by atoms with van der Waals surface area (Å²) in [6.45, 7) is 3.70. The number of aryl methyl sites for hydroxylation is 1. The Kier molecular flexibility index (Phi) is 5.07. The number of carbonyl (C=O) groups excluding carboxylic acids is 1. The molecular formula is C26H21N3O2S. The Morgan fingerprint density at radius 3 is 2.56 bits per heavy atom. The monoisotopic (exact) mass is 439 g/mol. The van der Waals surface area contributed by atoms with Crippen LogP contribution in [0.2, 0.25) is 0 Å². The second-order valence-corrected chi connectivity index (χ2v) is 8.74. The zero-order chi connectivity index (χ0) is 22.2. The van der Waals surface area contributed by atoms with Crippen molar-refractivity contribution in [3.8, 4) is 11.1 Å². The van der Waals surface area contributed by atoms with Gasteiger partial charge in [-0.15, -0.1) is 11.3 Å². The lowest BCUT2D eigenvalue weighted by Gasteiger charge is -2.15. The fraction of sp³-hybridized carbons (Fsp3) is 0.115. The highest BCUT2D eigenvalue weighted by molar-refractivity contribution is 7.17. The topological polar surface area (TPSA) is 64.0 Å². The summed E-state index contributed by atoms with van der Waals surface area (Å²) in [5.41, 5.74) is 3.39. The number of aromatic nitrogens is 2. The van der Waals surface area contributed by atoms with Gasteiger partial charge in [-0.2, -0.15) is 0 Å². The van der Waals surface area contributed by atoms with E-state index in [9.17, 15) is 9.59 Å². The number of nitrogens with one attached hydrogen (secondary N) is 1. The standard InChI is InChI=1S/C26H21N3O2S/c1-16-7-11-21(12-8-16)28-24(30)17(2)29-15-27-25-23(26(29)31)22(14-32-25)20-10-9-18-5-3-4-6-19(18)13-20/h3-15,17H,1-2H3,(H,28,30). The number of nitrogens with zero attached hydrogens (tertiary/aromatic N) is 2. The van der Waals surface area contributed by atoms with Gasteiger partial charge in [-0.3, -0.25) is 14.2 Å². The van der Waals surface area contributed by atoms with Crippen LogP contribution in [0.3, 0.4) is 0 Å². The van der Waals surface area contributed by atoms with E-state index in [2.05, 4.69) is 34.6 Å². The molecule has 1 unspecified atom stereocenters. The molecule has 6 heteroatoms. The lowest BCUT2D eigenvalue weighted by atomic mass is 10.0. The van der Waals surface area contributed by atoms with Crippen LogP contribution in [-0.4, -0.2) is 15.5 Å². The van der Waals surface area contributed by atoms with Gasteiger partial charge in [0.1, 0.15) is 10.9 Å². The van der Waals surface area contributed by atoms with E-state index in [1.807, 2.05) is 54.8 Å². The van der Waals surface area contributed by atoms with Crippen LogP contribution < -0.4 is 10.9 Å². The minimum Gasteiger partial charge on any atom is -0.324 e. The van der Waals surface area contributed by atoms with Gasteiger partial charge in [-0.25, -0.2) is 4.98 Å². The lowest BCUT2D eigenvalue weighted by Crippen LogP contribution is -2.31. The first kappa shape index (κ1) is 20.2. The van der Waals surface area contributed by atoms with Crippen molar-refractivity contribution < 1.29 is 4.79 Å². The molecule has 0 aliphatic rings. The smallest absolute Gasteiger partial charge is 0.263 e. The van der Waals surface area contributed by atoms with Crippen molar-refractivity contribution in [1.82, 2.24) is 9.55 Å². The molecular weight excluding hydrogens is 418 g/mol. The fourth-order valence-corrected chi connectivity index (χ4v) is 4.71. The van der Waals surface area contributed by atoms with Crippen LogP contribution in [0.5, 0.6) is 0 Å². The molecule has 0 aliphatic carbocycles. The quantitative estimate of drug-likeness (QED) is 0.386. The first-order chi connectivity index (χ1) is 15.5. The number of benzene rings is 3.